The third-order valence-electron chi connectivity index (χ3n) is 1.18. The highest BCUT2D eigenvalue weighted by atomic mass is 35.5. The van der Waals surface area contributed by atoms with Crippen LogP contribution in [-0.4, -0.2) is 5.88 Å². The molecule has 0 heterocycles. The van der Waals surface area contributed by atoms with Crippen LogP contribution in [0.2, 0.25) is 0 Å². The summed E-state index contributed by atoms with van der Waals surface area (Å²) in [6, 6.07) is 0. The maximum atomic E-state index is 5.48. The topological polar surface area (TPSA) is 0 Å². The summed E-state index contributed by atoms with van der Waals surface area (Å²) >= 11 is 5.48. The van der Waals surface area contributed by atoms with Crippen molar-refractivity contribution < 1.29 is 0 Å². The zero-order valence-corrected chi connectivity index (χ0v) is 7.27. The number of halogens is 1. The van der Waals surface area contributed by atoms with Crippen molar-refractivity contribution in [3.05, 3.63) is 24.3 Å². The van der Waals surface area contributed by atoms with E-state index in [0.717, 1.165) is 25.1 Å². The van der Waals surface area contributed by atoms with Crippen LogP contribution in [0.5, 0.6) is 0 Å². The monoisotopic (exact) mass is 158 g/mol. The van der Waals surface area contributed by atoms with Crippen molar-refractivity contribution in [3.8, 4) is 0 Å². The molecule has 10 heavy (non-hydrogen) atoms. The quantitative estimate of drug-likeness (QED) is 0.326. The zero-order valence-electron chi connectivity index (χ0n) is 6.52. The minimum atomic E-state index is 0.736. The lowest BCUT2D eigenvalue weighted by Crippen LogP contribution is -1.67. The van der Waals surface area contributed by atoms with E-state index in [1.807, 2.05) is 6.92 Å². The molecule has 0 N–H and O–H groups in total. The largest absolute Gasteiger partial charge is 0.126 e. The fraction of sp³-hybridized carbons (Fsp3) is 0.556. The van der Waals surface area contributed by atoms with E-state index in [2.05, 4.69) is 24.3 Å². The molecule has 0 rings (SSSR count). The minimum Gasteiger partial charge on any atom is -0.126 e. The third-order valence-corrected chi connectivity index (χ3v) is 1.40. The SMILES string of the molecule is C/C=C/CC/C=C/CCCl. The third kappa shape index (κ3) is 7.77. The fourth-order valence-electron chi connectivity index (χ4n) is 0.658. The molecule has 1 heteroatoms. The lowest BCUT2D eigenvalue weighted by Gasteiger charge is -1.85. The number of allylic oxidation sites excluding steroid dienone is 4. The standard InChI is InChI=1S/C9H15Cl/c1-2-3-4-5-6-7-8-9-10/h2-3,6-7H,4-5,8-9H2,1H3/b3-2+,7-6+. The van der Waals surface area contributed by atoms with Gasteiger partial charge in [0.2, 0.25) is 0 Å². The normalized spacial score (nSPS) is 11.8. The summed E-state index contributed by atoms with van der Waals surface area (Å²) in [5.74, 6) is 0.736. The molecule has 0 saturated heterocycles. The van der Waals surface area contributed by atoms with Gasteiger partial charge in [-0.05, 0) is 26.2 Å². The Morgan fingerprint density at radius 2 is 1.60 bits per heavy atom. The average Bonchev–Trinajstić information content (AvgIpc) is 1.97. The van der Waals surface area contributed by atoms with Crippen LogP contribution in [0.25, 0.3) is 0 Å². The first-order valence-electron chi connectivity index (χ1n) is 3.74. The van der Waals surface area contributed by atoms with E-state index >= 15 is 0 Å². The second-order valence-corrected chi connectivity index (χ2v) is 2.47. The summed E-state index contributed by atoms with van der Waals surface area (Å²) in [6.07, 6.45) is 11.9. The highest BCUT2D eigenvalue weighted by Crippen LogP contribution is 1.94. The van der Waals surface area contributed by atoms with Gasteiger partial charge in [0.05, 0.1) is 0 Å². The van der Waals surface area contributed by atoms with Crippen molar-refractivity contribution in [3.63, 3.8) is 0 Å². The van der Waals surface area contributed by atoms with Gasteiger partial charge in [0.15, 0.2) is 0 Å². The van der Waals surface area contributed by atoms with Crippen molar-refractivity contribution >= 4 is 11.6 Å². The van der Waals surface area contributed by atoms with Gasteiger partial charge in [0.1, 0.15) is 0 Å². The summed E-state index contributed by atoms with van der Waals surface area (Å²) in [4.78, 5) is 0. The molecule has 0 aromatic heterocycles. The van der Waals surface area contributed by atoms with Crippen LogP contribution in [0, 0.1) is 0 Å². The van der Waals surface area contributed by atoms with Gasteiger partial charge < -0.3 is 0 Å². The van der Waals surface area contributed by atoms with E-state index in [9.17, 15) is 0 Å². The Kier molecular flexibility index (Phi) is 8.57. The summed E-state index contributed by atoms with van der Waals surface area (Å²) in [7, 11) is 0. The average molecular weight is 159 g/mol. The molecular formula is C9H15Cl. The van der Waals surface area contributed by atoms with E-state index in [4.69, 9.17) is 11.6 Å². The van der Waals surface area contributed by atoms with Crippen LogP contribution < -0.4 is 0 Å². The van der Waals surface area contributed by atoms with Crippen LogP contribution in [-0.2, 0) is 0 Å². The van der Waals surface area contributed by atoms with Crippen LogP contribution in [0.3, 0.4) is 0 Å². The van der Waals surface area contributed by atoms with E-state index in [1.54, 1.807) is 0 Å². The van der Waals surface area contributed by atoms with Gasteiger partial charge in [-0.25, -0.2) is 0 Å². The molecular weight excluding hydrogens is 144 g/mol. The van der Waals surface area contributed by atoms with Crippen molar-refractivity contribution in [2.24, 2.45) is 0 Å². The molecule has 0 aromatic rings. The molecule has 0 aromatic carbocycles. The fourth-order valence-corrected chi connectivity index (χ4v) is 0.784. The molecule has 0 nitrogen and oxygen atoms in total. The predicted octanol–water partition coefficient (Wildman–Crippen LogP) is 3.53. The maximum Gasteiger partial charge on any atom is 0.0257 e. The van der Waals surface area contributed by atoms with Crippen LogP contribution in [0.15, 0.2) is 24.3 Å². The van der Waals surface area contributed by atoms with Gasteiger partial charge in [0, 0.05) is 5.88 Å². The van der Waals surface area contributed by atoms with Crippen molar-refractivity contribution in [2.75, 3.05) is 5.88 Å². The zero-order chi connectivity index (χ0) is 7.66. The maximum absolute atomic E-state index is 5.48. The van der Waals surface area contributed by atoms with Crippen LogP contribution in [0.1, 0.15) is 26.2 Å². The Balaban J connectivity index is 3.02. The van der Waals surface area contributed by atoms with E-state index in [0.29, 0.717) is 0 Å². The van der Waals surface area contributed by atoms with Crippen molar-refractivity contribution in [2.45, 2.75) is 26.2 Å². The molecule has 0 spiro atoms. The Hall–Kier alpha value is -0.230. The first kappa shape index (κ1) is 9.77. The number of hydrogen-bond donors (Lipinski definition) is 0. The van der Waals surface area contributed by atoms with Crippen LogP contribution >= 0.6 is 11.6 Å². The molecule has 0 amide bonds. The molecule has 0 radical (unpaired) electrons. The number of rotatable bonds is 5. The second kappa shape index (κ2) is 8.77. The highest BCUT2D eigenvalue weighted by molar-refractivity contribution is 6.17. The Morgan fingerprint density at radius 3 is 2.20 bits per heavy atom. The molecule has 58 valence electrons. The molecule has 0 unspecified atom stereocenters. The summed E-state index contributed by atoms with van der Waals surface area (Å²) in [5.41, 5.74) is 0. The second-order valence-electron chi connectivity index (χ2n) is 2.10. The lowest BCUT2D eigenvalue weighted by atomic mass is 10.2. The van der Waals surface area contributed by atoms with Gasteiger partial charge in [-0.15, -0.1) is 11.6 Å². The van der Waals surface area contributed by atoms with Crippen LogP contribution in [0.4, 0.5) is 0 Å². The van der Waals surface area contributed by atoms with E-state index in [1.165, 1.54) is 0 Å². The highest BCUT2D eigenvalue weighted by Gasteiger charge is 1.75. The molecule has 0 aliphatic carbocycles. The lowest BCUT2D eigenvalue weighted by molar-refractivity contribution is 1.04. The molecule has 0 aliphatic rings. The van der Waals surface area contributed by atoms with Gasteiger partial charge >= 0.3 is 0 Å². The Morgan fingerprint density at radius 1 is 1.00 bits per heavy atom. The van der Waals surface area contributed by atoms with Gasteiger partial charge in [-0.1, -0.05) is 24.3 Å². The Bertz CT molecular complexity index is 103. The van der Waals surface area contributed by atoms with Gasteiger partial charge in [-0.2, -0.15) is 0 Å². The van der Waals surface area contributed by atoms with Crippen molar-refractivity contribution in [1.29, 1.82) is 0 Å². The van der Waals surface area contributed by atoms with Crippen molar-refractivity contribution in [1.82, 2.24) is 0 Å². The molecule has 0 bridgehead atoms. The van der Waals surface area contributed by atoms with Gasteiger partial charge in [0.25, 0.3) is 0 Å². The number of alkyl halides is 1. The van der Waals surface area contributed by atoms with Gasteiger partial charge in [-0.3, -0.25) is 0 Å². The number of unbranched alkanes of at least 4 members (excludes halogenated alkanes) is 1. The summed E-state index contributed by atoms with van der Waals surface area (Å²) < 4.78 is 0. The first-order chi connectivity index (χ1) is 4.91. The van der Waals surface area contributed by atoms with E-state index in [-0.39, 0.29) is 0 Å². The predicted molar refractivity (Wildman–Crippen MR) is 48.5 cm³/mol. The molecule has 0 fully saturated rings. The van der Waals surface area contributed by atoms with E-state index < -0.39 is 0 Å². The summed E-state index contributed by atoms with van der Waals surface area (Å²) in [5, 5.41) is 0. The summed E-state index contributed by atoms with van der Waals surface area (Å²) in [6.45, 7) is 2.04. The molecule has 0 aliphatic heterocycles. The molecule has 0 saturated carbocycles. The first-order valence-corrected chi connectivity index (χ1v) is 4.27. The number of hydrogen-bond acceptors (Lipinski definition) is 0. The molecule has 0 atom stereocenters. The smallest absolute Gasteiger partial charge is 0.0257 e. The Labute approximate surface area is 68.6 Å². The minimum absolute atomic E-state index is 0.736.